The number of anilines is 1. The Labute approximate surface area is 203 Å². The smallest absolute Gasteiger partial charge is 0.317 e. The van der Waals surface area contributed by atoms with Crippen LogP contribution in [0, 0.1) is 6.92 Å². The van der Waals surface area contributed by atoms with Crippen LogP contribution in [0.2, 0.25) is 0 Å². The van der Waals surface area contributed by atoms with Gasteiger partial charge in [-0.2, -0.15) is 0 Å². The topological polar surface area (TPSA) is 73.5 Å². The van der Waals surface area contributed by atoms with Crippen molar-refractivity contribution in [3.05, 3.63) is 64.2 Å². The average Bonchev–Trinajstić information content (AvgIpc) is 2.86. The van der Waals surface area contributed by atoms with Crippen molar-refractivity contribution in [2.75, 3.05) is 31.5 Å². The van der Waals surface area contributed by atoms with Crippen molar-refractivity contribution in [3.8, 4) is 0 Å². The normalized spacial score (nSPS) is 16.1. The Morgan fingerprint density at radius 3 is 2.47 bits per heavy atom. The summed E-state index contributed by atoms with van der Waals surface area (Å²) in [5.41, 5.74) is 6.85. The Balaban J connectivity index is 1.35. The van der Waals surface area contributed by atoms with Gasteiger partial charge in [-0.25, -0.2) is 4.79 Å². The molecular formula is C28H38N4O2. The third-order valence-electron chi connectivity index (χ3n) is 7.21. The van der Waals surface area contributed by atoms with Crippen LogP contribution in [0.25, 0.3) is 0 Å². The van der Waals surface area contributed by atoms with Crippen molar-refractivity contribution in [2.45, 2.75) is 64.8 Å². The second-order valence-electron chi connectivity index (χ2n) is 9.51. The van der Waals surface area contributed by atoms with E-state index in [0.717, 1.165) is 68.6 Å². The average molecular weight is 463 g/mol. The van der Waals surface area contributed by atoms with Crippen molar-refractivity contribution >= 4 is 17.6 Å². The Morgan fingerprint density at radius 2 is 1.74 bits per heavy atom. The predicted molar refractivity (Wildman–Crippen MR) is 138 cm³/mol. The van der Waals surface area contributed by atoms with Crippen molar-refractivity contribution in [1.29, 1.82) is 0 Å². The van der Waals surface area contributed by atoms with Gasteiger partial charge < -0.3 is 20.9 Å². The van der Waals surface area contributed by atoms with E-state index >= 15 is 0 Å². The second kappa shape index (κ2) is 11.5. The quantitative estimate of drug-likeness (QED) is 0.569. The van der Waals surface area contributed by atoms with E-state index in [2.05, 4.69) is 28.1 Å². The van der Waals surface area contributed by atoms with Gasteiger partial charge in [0.05, 0.1) is 0 Å². The summed E-state index contributed by atoms with van der Waals surface area (Å²) in [5, 5.41) is 9.80. The summed E-state index contributed by atoms with van der Waals surface area (Å²) in [6.07, 6.45) is 7.48. The molecule has 2 aliphatic rings. The maximum absolute atomic E-state index is 12.9. The number of hydrogen-bond donors (Lipinski definition) is 3. The highest BCUT2D eigenvalue weighted by atomic mass is 16.2. The Bertz CT molecular complexity index is 1010. The van der Waals surface area contributed by atoms with E-state index in [1.807, 2.05) is 43.0 Å². The number of hydrogen-bond acceptors (Lipinski definition) is 3. The van der Waals surface area contributed by atoms with Gasteiger partial charge in [-0.15, -0.1) is 0 Å². The molecule has 0 bridgehead atoms. The van der Waals surface area contributed by atoms with Crippen molar-refractivity contribution < 1.29 is 9.59 Å². The van der Waals surface area contributed by atoms with E-state index in [-0.39, 0.29) is 11.9 Å². The zero-order valence-corrected chi connectivity index (χ0v) is 20.6. The monoisotopic (exact) mass is 462 g/mol. The molecule has 3 amide bonds. The van der Waals surface area contributed by atoms with Crippen LogP contribution in [-0.4, -0.2) is 49.1 Å². The van der Waals surface area contributed by atoms with Crippen molar-refractivity contribution in [2.24, 2.45) is 0 Å². The van der Waals surface area contributed by atoms with Gasteiger partial charge in [0.1, 0.15) is 0 Å². The minimum Gasteiger partial charge on any atom is -0.338 e. The molecule has 6 nitrogen and oxygen atoms in total. The van der Waals surface area contributed by atoms with E-state index in [0.29, 0.717) is 12.6 Å². The number of urea groups is 1. The minimum atomic E-state index is -0.0285. The molecule has 34 heavy (non-hydrogen) atoms. The Morgan fingerprint density at radius 1 is 1.00 bits per heavy atom. The molecule has 0 radical (unpaired) electrons. The van der Waals surface area contributed by atoms with Gasteiger partial charge in [0.15, 0.2) is 0 Å². The lowest BCUT2D eigenvalue weighted by Gasteiger charge is -2.32. The van der Waals surface area contributed by atoms with E-state index in [9.17, 15) is 9.59 Å². The molecule has 0 aromatic heterocycles. The van der Waals surface area contributed by atoms with Crippen LogP contribution in [0.3, 0.4) is 0 Å². The summed E-state index contributed by atoms with van der Waals surface area (Å²) in [4.78, 5) is 26.8. The molecule has 0 atom stereocenters. The fourth-order valence-corrected chi connectivity index (χ4v) is 5.27. The van der Waals surface area contributed by atoms with E-state index < -0.39 is 0 Å². The summed E-state index contributed by atoms with van der Waals surface area (Å²) in [5.74, 6) is -0.0285. The summed E-state index contributed by atoms with van der Waals surface area (Å²) in [6.45, 7) is 7.17. The SMILES string of the molecule is CCNC(=O)N1CCC(NCCc2ccc(NC(=O)c3ccccc3C)c3c2CCCC3)CC1. The van der Waals surface area contributed by atoms with Crippen LogP contribution in [0.15, 0.2) is 36.4 Å². The molecule has 2 aromatic carbocycles. The highest BCUT2D eigenvalue weighted by Crippen LogP contribution is 2.31. The fraction of sp³-hybridized carbons (Fsp3) is 0.500. The summed E-state index contributed by atoms with van der Waals surface area (Å²) in [7, 11) is 0. The Hall–Kier alpha value is -2.86. The number of likely N-dealkylation sites (tertiary alicyclic amines) is 1. The van der Waals surface area contributed by atoms with Gasteiger partial charge in [0.25, 0.3) is 5.91 Å². The van der Waals surface area contributed by atoms with Crippen LogP contribution < -0.4 is 16.0 Å². The molecule has 4 rings (SSSR count). The first-order chi connectivity index (χ1) is 16.6. The Kier molecular flexibility index (Phi) is 8.22. The molecule has 1 aliphatic carbocycles. The van der Waals surface area contributed by atoms with Gasteiger partial charge in [0.2, 0.25) is 0 Å². The number of aryl methyl sites for hydroxylation is 1. The minimum absolute atomic E-state index is 0.0285. The summed E-state index contributed by atoms with van der Waals surface area (Å²) < 4.78 is 0. The number of nitrogens with one attached hydrogen (secondary N) is 3. The summed E-state index contributed by atoms with van der Waals surface area (Å²) in [6, 6.07) is 12.6. The van der Waals surface area contributed by atoms with Crippen molar-refractivity contribution in [3.63, 3.8) is 0 Å². The van der Waals surface area contributed by atoms with Crippen LogP contribution in [0.1, 0.15) is 65.2 Å². The number of fused-ring (bicyclic) bond motifs is 1. The van der Waals surface area contributed by atoms with Crippen LogP contribution in [0.5, 0.6) is 0 Å². The molecular weight excluding hydrogens is 424 g/mol. The molecule has 3 N–H and O–H groups in total. The first-order valence-electron chi connectivity index (χ1n) is 12.8. The number of carbonyl (C=O) groups excluding carboxylic acids is 2. The molecule has 1 fully saturated rings. The molecule has 1 aliphatic heterocycles. The second-order valence-corrected chi connectivity index (χ2v) is 9.51. The van der Waals surface area contributed by atoms with Gasteiger partial charge in [-0.1, -0.05) is 24.3 Å². The highest BCUT2D eigenvalue weighted by molar-refractivity contribution is 6.05. The van der Waals surface area contributed by atoms with E-state index in [1.165, 1.54) is 29.5 Å². The van der Waals surface area contributed by atoms with Crippen molar-refractivity contribution in [1.82, 2.24) is 15.5 Å². The van der Waals surface area contributed by atoms with E-state index in [1.54, 1.807) is 0 Å². The molecule has 0 spiro atoms. The molecule has 6 heteroatoms. The lowest BCUT2D eigenvalue weighted by molar-refractivity contribution is 0.102. The largest absolute Gasteiger partial charge is 0.338 e. The fourth-order valence-electron chi connectivity index (χ4n) is 5.27. The number of piperidine rings is 1. The van der Waals surface area contributed by atoms with Crippen LogP contribution in [-0.2, 0) is 19.3 Å². The summed E-state index contributed by atoms with van der Waals surface area (Å²) >= 11 is 0. The first-order valence-corrected chi connectivity index (χ1v) is 12.8. The third kappa shape index (κ3) is 5.79. The number of nitrogens with zero attached hydrogens (tertiary/aromatic N) is 1. The highest BCUT2D eigenvalue weighted by Gasteiger charge is 2.23. The zero-order valence-electron chi connectivity index (χ0n) is 20.6. The number of amides is 3. The van der Waals surface area contributed by atoms with E-state index in [4.69, 9.17) is 0 Å². The standard InChI is InChI=1S/C28H38N4O2/c1-3-29-28(34)32-18-15-22(16-19-32)30-17-14-21-12-13-26(25-11-7-6-10-24(21)25)31-27(33)23-9-5-4-8-20(23)2/h4-5,8-9,12-13,22,30H,3,6-7,10-11,14-19H2,1-2H3,(H,29,34)(H,31,33). The molecule has 0 unspecified atom stereocenters. The molecule has 2 aromatic rings. The molecule has 0 saturated carbocycles. The molecule has 182 valence electrons. The lowest BCUT2D eigenvalue weighted by Crippen LogP contribution is -2.48. The zero-order chi connectivity index (χ0) is 23.9. The van der Waals surface area contributed by atoms with Gasteiger partial charge in [0, 0.05) is 36.9 Å². The van der Waals surface area contributed by atoms with Gasteiger partial charge in [-0.3, -0.25) is 4.79 Å². The first kappa shape index (κ1) is 24.3. The maximum Gasteiger partial charge on any atom is 0.317 e. The molecule has 1 saturated heterocycles. The van der Waals surface area contributed by atoms with Gasteiger partial charge >= 0.3 is 6.03 Å². The van der Waals surface area contributed by atoms with Crippen LogP contribution in [0.4, 0.5) is 10.5 Å². The predicted octanol–water partition coefficient (Wildman–Crippen LogP) is 4.45. The number of benzene rings is 2. The lowest BCUT2D eigenvalue weighted by atomic mass is 9.86. The maximum atomic E-state index is 12.9. The number of rotatable bonds is 7. The molecule has 1 heterocycles. The van der Waals surface area contributed by atoms with Crippen LogP contribution >= 0.6 is 0 Å². The third-order valence-corrected chi connectivity index (χ3v) is 7.21. The van der Waals surface area contributed by atoms with Gasteiger partial charge in [-0.05, 0) is 99.7 Å². The number of carbonyl (C=O) groups is 2.